The number of aromatic amines is 2. The lowest BCUT2D eigenvalue weighted by Gasteiger charge is -2.32. The summed E-state index contributed by atoms with van der Waals surface area (Å²) in [6.45, 7) is 1.95. The molecule has 35 heavy (non-hydrogen) atoms. The number of benzene rings is 2. The molecule has 184 valence electrons. The molecule has 0 spiro atoms. The number of rotatable bonds is 6. The van der Waals surface area contributed by atoms with Crippen molar-refractivity contribution in [2.24, 2.45) is 0 Å². The second kappa shape index (κ2) is 9.84. The number of hydrogen-bond donors (Lipinski definition) is 4. The highest BCUT2D eigenvalue weighted by Crippen LogP contribution is 2.25. The molecule has 12 heteroatoms. The van der Waals surface area contributed by atoms with Crippen LogP contribution in [0.3, 0.4) is 0 Å². The number of carbonyl (C=O) groups is 2. The molecule has 11 nitrogen and oxygen atoms in total. The Morgan fingerprint density at radius 3 is 2.46 bits per heavy atom. The quantitative estimate of drug-likeness (QED) is 0.398. The minimum Gasteiger partial charge on any atom is -0.343 e. The Labute approximate surface area is 200 Å². The van der Waals surface area contributed by atoms with Crippen LogP contribution in [0.5, 0.6) is 0 Å². The molecule has 2 aromatic carbocycles. The molecule has 1 aliphatic rings. The van der Waals surface area contributed by atoms with Gasteiger partial charge in [0.15, 0.2) is 0 Å². The summed E-state index contributed by atoms with van der Waals surface area (Å²) < 4.78 is 27.4. The lowest BCUT2D eigenvalue weighted by Crippen LogP contribution is -2.41. The number of nitrogens with one attached hydrogen (secondary N) is 4. The van der Waals surface area contributed by atoms with E-state index < -0.39 is 39.5 Å². The lowest BCUT2D eigenvalue weighted by molar-refractivity contribution is -0.115. The standard InChI is InChI=1S/C23H25N5O6S/c1-14-5-2-3-12-28(14)35(33,34)16-10-8-15(9-11-16)21(30)24-13-19(29)25-18-7-4-6-17-20(18)23(32)27-26-22(17)31/h4,6-11,14H,2-3,5,12-13H2,1H3,(H,24,30)(H,25,29)(H,26,31)(H,27,32). The van der Waals surface area contributed by atoms with Gasteiger partial charge in [-0.3, -0.25) is 29.4 Å². The number of fused-ring (bicyclic) bond motifs is 1. The van der Waals surface area contributed by atoms with Gasteiger partial charge < -0.3 is 10.6 Å². The number of amides is 2. The SMILES string of the molecule is CC1CCCCN1S(=O)(=O)c1ccc(C(=O)NCC(=O)Nc2cccc3c(=O)[nH][nH]c(=O)c23)cc1. The first kappa shape index (κ1) is 24.4. The largest absolute Gasteiger partial charge is 0.343 e. The number of aromatic nitrogens is 2. The van der Waals surface area contributed by atoms with Gasteiger partial charge in [-0.15, -0.1) is 0 Å². The number of nitrogens with zero attached hydrogens (tertiary/aromatic N) is 1. The van der Waals surface area contributed by atoms with Gasteiger partial charge in [0.2, 0.25) is 15.9 Å². The summed E-state index contributed by atoms with van der Waals surface area (Å²) in [5.41, 5.74) is -0.759. The highest BCUT2D eigenvalue weighted by Gasteiger charge is 2.30. The number of hydrogen-bond acceptors (Lipinski definition) is 6. The monoisotopic (exact) mass is 499 g/mol. The number of carbonyl (C=O) groups excluding carboxylic acids is 2. The Morgan fingerprint density at radius 1 is 1.03 bits per heavy atom. The van der Waals surface area contributed by atoms with Crippen molar-refractivity contribution in [1.29, 1.82) is 0 Å². The van der Waals surface area contributed by atoms with Crippen molar-refractivity contribution in [1.82, 2.24) is 19.8 Å². The van der Waals surface area contributed by atoms with Crippen molar-refractivity contribution in [2.75, 3.05) is 18.4 Å². The van der Waals surface area contributed by atoms with E-state index in [0.29, 0.717) is 6.54 Å². The minimum absolute atomic E-state index is 0.0238. The molecule has 1 unspecified atom stereocenters. The van der Waals surface area contributed by atoms with E-state index in [9.17, 15) is 27.6 Å². The first-order valence-electron chi connectivity index (χ1n) is 11.1. The second-order valence-electron chi connectivity index (χ2n) is 8.35. The van der Waals surface area contributed by atoms with Crippen molar-refractivity contribution in [2.45, 2.75) is 37.1 Å². The molecule has 2 amide bonds. The fourth-order valence-corrected chi connectivity index (χ4v) is 5.83. The summed E-state index contributed by atoms with van der Waals surface area (Å²) in [6.07, 6.45) is 2.62. The molecule has 1 atom stereocenters. The van der Waals surface area contributed by atoms with E-state index >= 15 is 0 Å². The smallest absolute Gasteiger partial charge is 0.272 e. The molecule has 0 bridgehead atoms. The molecule has 0 saturated carbocycles. The summed E-state index contributed by atoms with van der Waals surface area (Å²) in [5.74, 6) is -1.17. The number of piperidine rings is 1. The van der Waals surface area contributed by atoms with Crippen LogP contribution in [-0.4, -0.2) is 53.9 Å². The minimum atomic E-state index is -3.65. The van der Waals surface area contributed by atoms with Crippen LogP contribution in [-0.2, 0) is 14.8 Å². The van der Waals surface area contributed by atoms with Crippen molar-refractivity contribution >= 4 is 38.3 Å². The normalized spacial score (nSPS) is 16.7. The Morgan fingerprint density at radius 2 is 1.74 bits per heavy atom. The fraction of sp³-hybridized carbons (Fsp3) is 0.304. The van der Waals surface area contributed by atoms with Gasteiger partial charge in [-0.2, -0.15) is 4.31 Å². The summed E-state index contributed by atoms with van der Waals surface area (Å²) >= 11 is 0. The molecule has 1 aliphatic heterocycles. The molecule has 0 aliphatic carbocycles. The number of H-pyrrole nitrogens is 2. The Kier molecular flexibility index (Phi) is 6.85. The van der Waals surface area contributed by atoms with E-state index in [-0.39, 0.29) is 33.0 Å². The Balaban J connectivity index is 1.41. The third kappa shape index (κ3) is 5.03. The number of sulfonamides is 1. The molecule has 1 fully saturated rings. The highest BCUT2D eigenvalue weighted by molar-refractivity contribution is 7.89. The van der Waals surface area contributed by atoms with Crippen LogP contribution >= 0.6 is 0 Å². The van der Waals surface area contributed by atoms with E-state index in [4.69, 9.17) is 0 Å². The third-order valence-corrected chi connectivity index (χ3v) is 8.00. The third-order valence-electron chi connectivity index (χ3n) is 5.97. The summed E-state index contributed by atoms with van der Waals surface area (Å²) in [7, 11) is -3.65. The van der Waals surface area contributed by atoms with Gasteiger partial charge in [-0.1, -0.05) is 12.5 Å². The van der Waals surface area contributed by atoms with Crippen LogP contribution in [0.25, 0.3) is 10.8 Å². The average Bonchev–Trinajstić information content (AvgIpc) is 2.85. The molecule has 2 heterocycles. The van der Waals surface area contributed by atoms with Gasteiger partial charge >= 0.3 is 0 Å². The van der Waals surface area contributed by atoms with Gasteiger partial charge in [0.05, 0.1) is 27.9 Å². The van der Waals surface area contributed by atoms with Crippen LogP contribution in [0.1, 0.15) is 36.5 Å². The van der Waals surface area contributed by atoms with Gasteiger partial charge in [0.1, 0.15) is 0 Å². The topological polar surface area (TPSA) is 161 Å². The molecule has 4 rings (SSSR count). The summed E-state index contributed by atoms with van der Waals surface area (Å²) in [5, 5.41) is 9.53. The van der Waals surface area contributed by atoms with Gasteiger partial charge in [0, 0.05) is 18.2 Å². The molecule has 0 radical (unpaired) electrons. The maximum atomic E-state index is 12.9. The predicted octanol–water partition coefficient (Wildman–Crippen LogP) is 1.15. The average molecular weight is 500 g/mol. The zero-order valence-corrected chi connectivity index (χ0v) is 19.8. The van der Waals surface area contributed by atoms with Gasteiger partial charge in [0.25, 0.3) is 17.0 Å². The van der Waals surface area contributed by atoms with Crippen molar-refractivity contribution in [3.05, 3.63) is 68.7 Å². The van der Waals surface area contributed by atoms with Crippen molar-refractivity contribution in [3.63, 3.8) is 0 Å². The molecular formula is C23H25N5O6S. The summed E-state index contributed by atoms with van der Waals surface area (Å²) in [4.78, 5) is 49.0. The van der Waals surface area contributed by atoms with E-state index in [0.717, 1.165) is 19.3 Å². The second-order valence-corrected chi connectivity index (χ2v) is 10.2. The highest BCUT2D eigenvalue weighted by atomic mass is 32.2. The van der Waals surface area contributed by atoms with E-state index in [2.05, 4.69) is 20.8 Å². The van der Waals surface area contributed by atoms with E-state index in [1.807, 2.05) is 6.92 Å². The van der Waals surface area contributed by atoms with Gasteiger partial charge in [-0.25, -0.2) is 8.42 Å². The zero-order valence-electron chi connectivity index (χ0n) is 19.0. The van der Waals surface area contributed by atoms with Crippen molar-refractivity contribution in [3.8, 4) is 0 Å². The molecule has 1 aromatic heterocycles. The maximum absolute atomic E-state index is 12.9. The van der Waals surface area contributed by atoms with Crippen LogP contribution < -0.4 is 21.8 Å². The predicted molar refractivity (Wildman–Crippen MR) is 130 cm³/mol. The molecular weight excluding hydrogens is 474 g/mol. The maximum Gasteiger partial charge on any atom is 0.272 e. The van der Waals surface area contributed by atoms with E-state index in [1.165, 1.54) is 46.8 Å². The van der Waals surface area contributed by atoms with Crippen LogP contribution in [0.15, 0.2) is 56.9 Å². The van der Waals surface area contributed by atoms with Crippen LogP contribution in [0.4, 0.5) is 5.69 Å². The van der Waals surface area contributed by atoms with Gasteiger partial charge in [-0.05, 0) is 56.2 Å². The van der Waals surface area contributed by atoms with Crippen LogP contribution in [0.2, 0.25) is 0 Å². The molecule has 1 saturated heterocycles. The Hall–Kier alpha value is -3.77. The number of anilines is 1. The zero-order chi connectivity index (χ0) is 25.2. The first-order chi connectivity index (χ1) is 16.7. The lowest BCUT2D eigenvalue weighted by atomic mass is 10.1. The summed E-state index contributed by atoms with van der Waals surface area (Å²) in [6, 6.07) is 9.92. The molecule has 3 aromatic rings. The van der Waals surface area contributed by atoms with E-state index in [1.54, 1.807) is 0 Å². The fourth-order valence-electron chi connectivity index (χ4n) is 4.13. The first-order valence-corrected chi connectivity index (χ1v) is 12.6. The van der Waals surface area contributed by atoms with Crippen molar-refractivity contribution < 1.29 is 18.0 Å². The molecule has 4 N–H and O–H groups in total. The van der Waals surface area contributed by atoms with Crippen LogP contribution in [0, 0.1) is 0 Å². The Bertz CT molecular complexity index is 1490.